The third kappa shape index (κ3) is 7.29. The summed E-state index contributed by atoms with van der Waals surface area (Å²) in [5.41, 5.74) is 3.00. The third-order valence-corrected chi connectivity index (χ3v) is 8.53. The molecule has 12 heteroatoms. The van der Waals surface area contributed by atoms with Crippen LogP contribution >= 0.6 is 0 Å². The van der Waals surface area contributed by atoms with Gasteiger partial charge in [0, 0.05) is 49.4 Å². The summed E-state index contributed by atoms with van der Waals surface area (Å²) < 4.78 is 39.8. The van der Waals surface area contributed by atoms with E-state index in [1.54, 1.807) is 18.5 Å². The van der Waals surface area contributed by atoms with Gasteiger partial charge >= 0.3 is 0 Å². The van der Waals surface area contributed by atoms with E-state index in [9.17, 15) is 18.0 Å². The van der Waals surface area contributed by atoms with Crippen LogP contribution in [0, 0.1) is 17.7 Å². The Morgan fingerprint density at radius 3 is 2.50 bits per heavy atom. The van der Waals surface area contributed by atoms with E-state index in [2.05, 4.69) is 49.4 Å². The number of likely N-dealkylation sites (tertiary alicyclic amines) is 1. The van der Waals surface area contributed by atoms with E-state index in [1.165, 1.54) is 13.4 Å². The highest BCUT2D eigenvalue weighted by Gasteiger charge is 2.23. The summed E-state index contributed by atoms with van der Waals surface area (Å²) in [7, 11) is 1.48. The van der Waals surface area contributed by atoms with Crippen LogP contribution in [0.1, 0.15) is 54.4 Å². The molecule has 1 aliphatic heterocycles. The molecule has 1 saturated heterocycles. The number of nitrogens with zero attached hydrogens (tertiary/aromatic N) is 6. The summed E-state index contributed by atoms with van der Waals surface area (Å²) in [4.78, 5) is 36.4. The van der Waals surface area contributed by atoms with Crippen LogP contribution in [-0.4, -0.2) is 75.4 Å². The highest BCUT2D eigenvalue weighted by atomic mass is 19.3. The van der Waals surface area contributed by atoms with Crippen molar-refractivity contribution in [1.29, 1.82) is 0 Å². The molecule has 3 aromatic heterocycles. The standard InChI is InChI=1S/C32H37F3N8O/c1-19(20(2)23-5-4-6-24-30(32(44)36-3)25(33)16-40-31(23)24)13-37-29-12-26(41-18-42-29)22-14-38-28(39-15-22)11-21-7-9-43(10-8-21)17-27(34)35/h4-6,12,14-16,18-21,27H,7-11,13,17H2,1-3H3,(H,36,44)(H,37,41,42). The van der Waals surface area contributed by atoms with Crippen molar-refractivity contribution in [2.45, 2.75) is 45.5 Å². The zero-order chi connectivity index (χ0) is 31.2. The van der Waals surface area contributed by atoms with Gasteiger partial charge in [-0.2, -0.15) is 0 Å². The summed E-state index contributed by atoms with van der Waals surface area (Å²) in [6, 6.07) is 7.36. The SMILES string of the molecule is CNC(=O)c1c(F)cnc2c(C(C)C(C)CNc3cc(-c4cnc(CC5CCN(CC(F)F)CC5)nc4)ncn3)cccc12. The Hall–Kier alpha value is -4.19. The number of amides is 1. The second-order valence-corrected chi connectivity index (χ2v) is 11.5. The van der Waals surface area contributed by atoms with Crippen molar-refractivity contribution in [2.24, 2.45) is 11.8 Å². The molecule has 0 aliphatic carbocycles. The van der Waals surface area contributed by atoms with Gasteiger partial charge in [0.05, 0.1) is 29.5 Å². The smallest absolute Gasteiger partial charge is 0.254 e. The van der Waals surface area contributed by atoms with Gasteiger partial charge < -0.3 is 10.6 Å². The number of hydrogen-bond acceptors (Lipinski definition) is 8. The molecule has 1 amide bonds. The van der Waals surface area contributed by atoms with Crippen molar-refractivity contribution in [3.05, 3.63) is 72.0 Å². The van der Waals surface area contributed by atoms with E-state index in [0.717, 1.165) is 42.4 Å². The summed E-state index contributed by atoms with van der Waals surface area (Å²) in [5.74, 6) is 0.830. The molecule has 5 rings (SSSR count). The monoisotopic (exact) mass is 606 g/mol. The lowest BCUT2D eigenvalue weighted by molar-refractivity contribution is 0.0688. The van der Waals surface area contributed by atoms with E-state index >= 15 is 0 Å². The van der Waals surface area contributed by atoms with Gasteiger partial charge in [0.25, 0.3) is 12.3 Å². The lowest BCUT2D eigenvalue weighted by Crippen LogP contribution is -2.37. The van der Waals surface area contributed by atoms with Gasteiger partial charge in [-0.1, -0.05) is 32.0 Å². The number of anilines is 1. The van der Waals surface area contributed by atoms with E-state index in [-0.39, 0.29) is 23.9 Å². The molecular formula is C32H37F3N8O. The first-order valence-electron chi connectivity index (χ1n) is 14.9. The number of piperidine rings is 1. The molecule has 2 atom stereocenters. The number of alkyl halides is 2. The van der Waals surface area contributed by atoms with E-state index in [1.807, 2.05) is 23.1 Å². The average Bonchev–Trinajstić information content (AvgIpc) is 3.03. The normalized spacial score (nSPS) is 15.8. The van der Waals surface area contributed by atoms with Gasteiger partial charge in [-0.05, 0) is 49.2 Å². The molecule has 1 aliphatic rings. The Kier molecular flexibility index (Phi) is 9.99. The first kappa shape index (κ1) is 31.2. The van der Waals surface area contributed by atoms with E-state index in [0.29, 0.717) is 48.0 Å². The molecular weight excluding hydrogens is 569 g/mol. The molecule has 4 heterocycles. The van der Waals surface area contributed by atoms with Crippen molar-refractivity contribution in [3.63, 3.8) is 0 Å². The predicted molar refractivity (Wildman–Crippen MR) is 163 cm³/mol. The van der Waals surface area contributed by atoms with Crippen molar-refractivity contribution >= 4 is 22.6 Å². The number of carbonyl (C=O) groups excluding carboxylic acids is 1. The van der Waals surface area contributed by atoms with Gasteiger partial charge in [0.15, 0.2) is 5.82 Å². The summed E-state index contributed by atoms with van der Waals surface area (Å²) in [5, 5.41) is 6.39. The van der Waals surface area contributed by atoms with Crippen LogP contribution in [0.25, 0.3) is 22.2 Å². The minimum absolute atomic E-state index is 0.00390. The number of carbonyl (C=O) groups is 1. The fourth-order valence-electron chi connectivity index (χ4n) is 5.72. The quantitative estimate of drug-likeness (QED) is 0.235. The molecule has 9 nitrogen and oxygen atoms in total. The molecule has 0 spiro atoms. The van der Waals surface area contributed by atoms with E-state index in [4.69, 9.17) is 0 Å². The number of rotatable bonds is 11. The van der Waals surface area contributed by atoms with Crippen LogP contribution in [0.15, 0.2) is 49.2 Å². The minimum Gasteiger partial charge on any atom is -0.370 e. The maximum Gasteiger partial charge on any atom is 0.254 e. The predicted octanol–water partition coefficient (Wildman–Crippen LogP) is 5.35. The topological polar surface area (TPSA) is 109 Å². The minimum atomic E-state index is -2.29. The van der Waals surface area contributed by atoms with Gasteiger partial charge in [-0.25, -0.2) is 33.1 Å². The maximum atomic E-state index is 14.5. The molecule has 2 unspecified atom stereocenters. The Bertz CT molecular complexity index is 1580. The van der Waals surface area contributed by atoms with Crippen LogP contribution < -0.4 is 10.6 Å². The number of halogens is 3. The zero-order valence-electron chi connectivity index (χ0n) is 25.1. The Balaban J connectivity index is 1.20. The maximum absolute atomic E-state index is 14.5. The number of nitrogens with one attached hydrogen (secondary N) is 2. The number of benzene rings is 1. The summed E-state index contributed by atoms with van der Waals surface area (Å²) in [6.07, 6.45) is 6.28. The van der Waals surface area contributed by atoms with Crippen LogP contribution in [-0.2, 0) is 6.42 Å². The van der Waals surface area contributed by atoms with Gasteiger partial charge in [0.1, 0.15) is 18.0 Å². The Labute approximate surface area is 254 Å². The molecule has 0 saturated carbocycles. The number of para-hydroxylation sites is 1. The first-order valence-corrected chi connectivity index (χ1v) is 14.9. The summed E-state index contributed by atoms with van der Waals surface area (Å²) in [6.45, 7) is 6.00. The van der Waals surface area contributed by atoms with Gasteiger partial charge in [0.2, 0.25) is 0 Å². The molecule has 44 heavy (non-hydrogen) atoms. The van der Waals surface area contributed by atoms with Gasteiger partial charge in [-0.15, -0.1) is 0 Å². The van der Waals surface area contributed by atoms with Crippen LogP contribution in [0.4, 0.5) is 19.0 Å². The van der Waals surface area contributed by atoms with Crippen molar-refractivity contribution < 1.29 is 18.0 Å². The average molecular weight is 607 g/mol. The number of aromatic nitrogens is 5. The Morgan fingerprint density at radius 2 is 1.80 bits per heavy atom. The number of pyridine rings is 1. The van der Waals surface area contributed by atoms with E-state index < -0.39 is 18.1 Å². The molecule has 232 valence electrons. The lowest BCUT2D eigenvalue weighted by Gasteiger charge is -2.31. The second-order valence-electron chi connectivity index (χ2n) is 11.5. The Morgan fingerprint density at radius 1 is 1.05 bits per heavy atom. The largest absolute Gasteiger partial charge is 0.370 e. The number of hydrogen-bond donors (Lipinski definition) is 2. The van der Waals surface area contributed by atoms with Crippen LogP contribution in [0.5, 0.6) is 0 Å². The first-order chi connectivity index (χ1) is 21.2. The van der Waals surface area contributed by atoms with Crippen molar-refractivity contribution in [2.75, 3.05) is 38.5 Å². The molecule has 1 aromatic carbocycles. The van der Waals surface area contributed by atoms with Gasteiger partial charge in [-0.3, -0.25) is 14.7 Å². The second kappa shape index (κ2) is 14.1. The molecule has 4 aromatic rings. The van der Waals surface area contributed by atoms with Crippen LogP contribution in [0.3, 0.4) is 0 Å². The number of fused-ring (bicyclic) bond motifs is 1. The van der Waals surface area contributed by atoms with Crippen molar-refractivity contribution in [1.82, 2.24) is 35.1 Å². The highest BCUT2D eigenvalue weighted by Crippen LogP contribution is 2.32. The highest BCUT2D eigenvalue weighted by molar-refractivity contribution is 6.06. The lowest BCUT2D eigenvalue weighted by atomic mass is 9.87. The molecule has 0 bridgehead atoms. The van der Waals surface area contributed by atoms with Crippen molar-refractivity contribution in [3.8, 4) is 11.3 Å². The zero-order valence-corrected chi connectivity index (χ0v) is 25.1. The van der Waals surface area contributed by atoms with Crippen LogP contribution in [0.2, 0.25) is 0 Å². The fourth-order valence-corrected chi connectivity index (χ4v) is 5.72. The molecule has 1 fully saturated rings. The molecule has 0 radical (unpaired) electrons. The third-order valence-electron chi connectivity index (χ3n) is 8.53. The summed E-state index contributed by atoms with van der Waals surface area (Å²) >= 11 is 0. The fraction of sp³-hybridized carbons (Fsp3) is 0.438. The molecule has 2 N–H and O–H groups in total.